The molecule has 3 heteroatoms. The summed E-state index contributed by atoms with van der Waals surface area (Å²) in [5.74, 6) is -0.156. The van der Waals surface area contributed by atoms with Gasteiger partial charge in [-0.1, -0.05) is 22.4 Å². The van der Waals surface area contributed by atoms with E-state index in [9.17, 15) is 4.39 Å². The van der Waals surface area contributed by atoms with Crippen LogP contribution in [0.2, 0.25) is 0 Å². The Bertz CT molecular complexity index is 361. The second-order valence-electron chi connectivity index (χ2n) is 4.30. The highest BCUT2D eigenvalue weighted by Crippen LogP contribution is 2.48. The van der Waals surface area contributed by atoms with Crippen molar-refractivity contribution in [3.63, 3.8) is 0 Å². The minimum atomic E-state index is -0.156. The molecule has 1 aliphatic rings. The van der Waals surface area contributed by atoms with Crippen LogP contribution in [0.25, 0.3) is 0 Å². The van der Waals surface area contributed by atoms with E-state index in [-0.39, 0.29) is 11.2 Å². The summed E-state index contributed by atoms with van der Waals surface area (Å²) in [6.07, 6.45) is 4.44. The lowest BCUT2D eigenvalue weighted by atomic mass is 9.62. The van der Waals surface area contributed by atoms with Gasteiger partial charge in [0.2, 0.25) is 0 Å². The molecule has 1 fully saturated rings. The van der Waals surface area contributed by atoms with Crippen molar-refractivity contribution in [3.8, 4) is 0 Å². The standard InChI is InChI=1S/C12H15BrFN/c13-11-3-2-9(14)8-10(11)12(6-7-15)4-1-5-12/h2-3,8H,1,4-7,15H2. The fraction of sp³-hybridized carbons (Fsp3) is 0.500. The van der Waals surface area contributed by atoms with Crippen molar-refractivity contribution in [2.75, 3.05) is 6.54 Å². The third-order valence-electron chi connectivity index (χ3n) is 3.43. The van der Waals surface area contributed by atoms with Crippen LogP contribution >= 0.6 is 15.9 Å². The van der Waals surface area contributed by atoms with E-state index >= 15 is 0 Å². The van der Waals surface area contributed by atoms with Gasteiger partial charge in [-0.25, -0.2) is 4.39 Å². The lowest BCUT2D eigenvalue weighted by molar-refractivity contribution is 0.227. The molecule has 0 amide bonds. The molecule has 0 aromatic heterocycles. The molecule has 1 aliphatic carbocycles. The summed E-state index contributed by atoms with van der Waals surface area (Å²) in [6.45, 7) is 0.670. The summed E-state index contributed by atoms with van der Waals surface area (Å²) in [6, 6.07) is 4.93. The van der Waals surface area contributed by atoms with Crippen molar-refractivity contribution in [3.05, 3.63) is 34.1 Å². The van der Waals surface area contributed by atoms with Crippen LogP contribution in [0.3, 0.4) is 0 Å². The molecule has 1 nitrogen and oxygen atoms in total. The first kappa shape index (κ1) is 11.1. The van der Waals surface area contributed by atoms with Gasteiger partial charge in [-0.05, 0) is 55.0 Å². The molecule has 0 atom stereocenters. The summed E-state index contributed by atoms with van der Waals surface area (Å²) < 4.78 is 14.2. The number of rotatable bonds is 3. The fourth-order valence-electron chi connectivity index (χ4n) is 2.44. The molecule has 0 radical (unpaired) electrons. The van der Waals surface area contributed by atoms with Crippen LogP contribution in [0.15, 0.2) is 22.7 Å². The van der Waals surface area contributed by atoms with Gasteiger partial charge in [0.15, 0.2) is 0 Å². The Morgan fingerprint density at radius 3 is 2.67 bits per heavy atom. The molecule has 1 aromatic rings. The second kappa shape index (κ2) is 4.22. The van der Waals surface area contributed by atoms with E-state index in [0.717, 1.165) is 29.3 Å². The van der Waals surface area contributed by atoms with Crippen LogP contribution in [0.1, 0.15) is 31.2 Å². The zero-order chi connectivity index (χ0) is 10.9. The van der Waals surface area contributed by atoms with E-state index < -0.39 is 0 Å². The van der Waals surface area contributed by atoms with Gasteiger partial charge in [-0.2, -0.15) is 0 Å². The largest absolute Gasteiger partial charge is 0.330 e. The van der Waals surface area contributed by atoms with Crippen molar-refractivity contribution in [2.45, 2.75) is 31.1 Å². The Kier molecular flexibility index (Phi) is 3.12. The highest BCUT2D eigenvalue weighted by molar-refractivity contribution is 9.10. The van der Waals surface area contributed by atoms with Gasteiger partial charge in [0.1, 0.15) is 5.82 Å². The van der Waals surface area contributed by atoms with Crippen LogP contribution in [0.4, 0.5) is 4.39 Å². The smallest absolute Gasteiger partial charge is 0.123 e. The van der Waals surface area contributed by atoms with Crippen LogP contribution in [0.5, 0.6) is 0 Å². The lowest BCUT2D eigenvalue weighted by Gasteiger charge is -2.43. The van der Waals surface area contributed by atoms with Crippen molar-refractivity contribution < 1.29 is 4.39 Å². The number of hydrogen-bond acceptors (Lipinski definition) is 1. The molecule has 1 aromatic carbocycles. The molecule has 0 saturated heterocycles. The van der Waals surface area contributed by atoms with Gasteiger partial charge in [-0.15, -0.1) is 0 Å². The Hall–Kier alpha value is -0.410. The summed E-state index contributed by atoms with van der Waals surface area (Å²) in [5.41, 5.74) is 6.87. The van der Waals surface area contributed by atoms with E-state index in [1.54, 1.807) is 12.1 Å². The highest BCUT2D eigenvalue weighted by Gasteiger charge is 2.39. The van der Waals surface area contributed by atoms with E-state index in [0.29, 0.717) is 6.54 Å². The SMILES string of the molecule is NCCC1(c2cc(F)ccc2Br)CCC1. The lowest BCUT2D eigenvalue weighted by Crippen LogP contribution is -2.36. The molecule has 0 bridgehead atoms. The first-order chi connectivity index (χ1) is 7.18. The van der Waals surface area contributed by atoms with Crippen molar-refractivity contribution in [1.29, 1.82) is 0 Å². The Labute approximate surface area is 98.0 Å². The summed E-state index contributed by atoms with van der Waals surface area (Å²) in [7, 11) is 0. The van der Waals surface area contributed by atoms with Crippen molar-refractivity contribution >= 4 is 15.9 Å². The molecule has 15 heavy (non-hydrogen) atoms. The Morgan fingerprint density at radius 2 is 2.13 bits per heavy atom. The van der Waals surface area contributed by atoms with Crippen LogP contribution in [-0.4, -0.2) is 6.54 Å². The van der Waals surface area contributed by atoms with Gasteiger partial charge < -0.3 is 5.73 Å². The third kappa shape index (κ3) is 1.95. The quantitative estimate of drug-likeness (QED) is 0.897. The molecule has 2 N–H and O–H groups in total. The van der Waals surface area contributed by atoms with Crippen LogP contribution < -0.4 is 5.73 Å². The first-order valence-corrected chi connectivity index (χ1v) is 6.13. The Balaban J connectivity index is 2.37. The topological polar surface area (TPSA) is 26.0 Å². The number of halogens is 2. The van der Waals surface area contributed by atoms with Crippen molar-refractivity contribution in [2.24, 2.45) is 5.73 Å². The van der Waals surface area contributed by atoms with Crippen LogP contribution in [-0.2, 0) is 5.41 Å². The second-order valence-corrected chi connectivity index (χ2v) is 5.15. The number of hydrogen-bond donors (Lipinski definition) is 1. The van der Waals surface area contributed by atoms with E-state index in [1.165, 1.54) is 12.5 Å². The number of nitrogens with two attached hydrogens (primary N) is 1. The van der Waals surface area contributed by atoms with E-state index in [2.05, 4.69) is 15.9 Å². The van der Waals surface area contributed by atoms with E-state index in [4.69, 9.17) is 5.73 Å². The normalized spacial score (nSPS) is 18.6. The van der Waals surface area contributed by atoms with Gasteiger partial charge in [-0.3, -0.25) is 0 Å². The van der Waals surface area contributed by atoms with Crippen LogP contribution in [0, 0.1) is 5.82 Å². The van der Waals surface area contributed by atoms with Gasteiger partial charge in [0.25, 0.3) is 0 Å². The molecule has 1 saturated carbocycles. The molecular weight excluding hydrogens is 257 g/mol. The molecule has 0 spiro atoms. The third-order valence-corrected chi connectivity index (χ3v) is 4.12. The zero-order valence-corrected chi connectivity index (χ0v) is 10.2. The maximum atomic E-state index is 13.2. The number of benzene rings is 1. The van der Waals surface area contributed by atoms with Crippen molar-refractivity contribution in [1.82, 2.24) is 0 Å². The minimum absolute atomic E-state index is 0.135. The molecule has 0 unspecified atom stereocenters. The minimum Gasteiger partial charge on any atom is -0.330 e. The average Bonchev–Trinajstić information content (AvgIpc) is 2.16. The molecule has 2 rings (SSSR count). The highest BCUT2D eigenvalue weighted by atomic mass is 79.9. The molecule has 0 heterocycles. The first-order valence-electron chi connectivity index (χ1n) is 5.33. The van der Waals surface area contributed by atoms with E-state index in [1.807, 2.05) is 0 Å². The fourth-order valence-corrected chi connectivity index (χ4v) is 3.10. The predicted octanol–water partition coefficient (Wildman–Crippen LogP) is 3.36. The summed E-state index contributed by atoms with van der Waals surface area (Å²) in [5, 5.41) is 0. The predicted molar refractivity (Wildman–Crippen MR) is 63.3 cm³/mol. The zero-order valence-electron chi connectivity index (χ0n) is 8.60. The maximum Gasteiger partial charge on any atom is 0.123 e. The monoisotopic (exact) mass is 271 g/mol. The molecular formula is C12H15BrFN. The summed E-state index contributed by atoms with van der Waals surface area (Å²) in [4.78, 5) is 0. The molecule has 82 valence electrons. The summed E-state index contributed by atoms with van der Waals surface area (Å²) >= 11 is 3.50. The molecule has 0 aliphatic heterocycles. The van der Waals surface area contributed by atoms with Gasteiger partial charge >= 0.3 is 0 Å². The maximum absolute atomic E-state index is 13.2. The average molecular weight is 272 g/mol. The van der Waals surface area contributed by atoms with Gasteiger partial charge in [0.05, 0.1) is 0 Å². The van der Waals surface area contributed by atoms with Gasteiger partial charge in [0, 0.05) is 4.47 Å². The Morgan fingerprint density at radius 1 is 1.40 bits per heavy atom.